The van der Waals surface area contributed by atoms with Gasteiger partial charge in [-0.2, -0.15) is 42.0 Å². The first-order chi connectivity index (χ1) is 13.8. The molecule has 0 heterocycles. The van der Waals surface area contributed by atoms with Crippen LogP contribution >= 0.6 is 0 Å². The topological polar surface area (TPSA) is 26.3 Å². The average Bonchev–Trinajstić information content (AvgIpc) is 3.48. The minimum atomic E-state index is -0.0603. The van der Waals surface area contributed by atoms with Crippen LogP contribution in [0.5, 0.6) is 5.75 Å². The molecule has 0 radical (unpaired) electrons. The van der Waals surface area contributed by atoms with Crippen molar-refractivity contribution in [3.63, 3.8) is 0 Å². The van der Waals surface area contributed by atoms with E-state index >= 15 is 0 Å². The minimum absolute atomic E-state index is 0. The molecule has 146 valence electrons. The first-order valence-electron chi connectivity index (χ1n) is 9.19. The van der Waals surface area contributed by atoms with Crippen molar-refractivity contribution in [1.82, 2.24) is 0 Å². The van der Waals surface area contributed by atoms with Gasteiger partial charge in [-0.15, -0.1) is 12.1 Å². The molecule has 3 heteroatoms. The molecule has 0 aromatic heterocycles. The summed E-state index contributed by atoms with van der Waals surface area (Å²) in [4.78, 5) is 12.4. The van der Waals surface area contributed by atoms with Crippen molar-refractivity contribution in [3.05, 3.63) is 132 Å². The van der Waals surface area contributed by atoms with Crippen LogP contribution in [0.3, 0.4) is 0 Å². The third-order valence-corrected chi connectivity index (χ3v) is 4.06. The maximum atomic E-state index is 12.4. The molecule has 0 aliphatic rings. The van der Waals surface area contributed by atoms with Crippen LogP contribution in [-0.4, -0.2) is 5.78 Å². The van der Waals surface area contributed by atoms with Crippen LogP contribution in [0.15, 0.2) is 115 Å². The van der Waals surface area contributed by atoms with Crippen molar-refractivity contribution in [2.24, 2.45) is 0 Å². The van der Waals surface area contributed by atoms with E-state index in [0.717, 1.165) is 11.1 Å². The minimum Gasteiger partial charge on any atom is -0.488 e. The summed E-state index contributed by atoms with van der Waals surface area (Å²) < 4.78 is 5.83. The monoisotopic (exact) mass is 422 g/mol. The van der Waals surface area contributed by atoms with Crippen molar-refractivity contribution < 1.29 is 26.6 Å². The summed E-state index contributed by atoms with van der Waals surface area (Å²) in [6.07, 6.45) is 3.40. The maximum absolute atomic E-state index is 12.4. The molecule has 4 rings (SSSR count). The van der Waals surface area contributed by atoms with Crippen molar-refractivity contribution in [3.8, 4) is 5.75 Å². The number of carbonyl (C=O) groups is 1. The molecule has 0 N–H and O–H groups in total. The molecule has 0 atom stereocenters. The van der Waals surface area contributed by atoms with Gasteiger partial charge >= 0.3 is 17.1 Å². The van der Waals surface area contributed by atoms with Gasteiger partial charge in [0.15, 0.2) is 5.78 Å². The maximum Gasteiger partial charge on any atom is 2.00 e. The zero-order chi connectivity index (χ0) is 19.4. The average molecular weight is 422 g/mol. The van der Waals surface area contributed by atoms with E-state index in [9.17, 15) is 4.79 Å². The Labute approximate surface area is 182 Å². The Morgan fingerprint density at radius 2 is 1.55 bits per heavy atom. The molecule has 0 fully saturated rings. The summed E-state index contributed by atoms with van der Waals surface area (Å²) in [7, 11) is 0. The number of benzene rings is 2. The number of hydrogen-bond acceptors (Lipinski definition) is 2. The van der Waals surface area contributed by atoms with Gasteiger partial charge in [-0.25, -0.2) is 12.1 Å². The van der Waals surface area contributed by atoms with Crippen LogP contribution in [0.4, 0.5) is 0 Å². The van der Waals surface area contributed by atoms with Gasteiger partial charge in [0.1, 0.15) is 12.4 Å². The smallest absolute Gasteiger partial charge is 0.488 e. The second kappa shape index (κ2) is 12.4. The van der Waals surface area contributed by atoms with Gasteiger partial charge in [-0.3, -0.25) is 4.79 Å². The fourth-order valence-electron chi connectivity index (χ4n) is 2.61. The molecular weight excluding hydrogens is 400 g/mol. The van der Waals surface area contributed by atoms with Crippen molar-refractivity contribution in [2.75, 3.05) is 0 Å². The fourth-order valence-corrected chi connectivity index (χ4v) is 2.61. The molecule has 0 spiro atoms. The van der Waals surface area contributed by atoms with E-state index in [-0.39, 0.29) is 22.9 Å². The van der Waals surface area contributed by atoms with Crippen molar-refractivity contribution >= 4 is 11.9 Å². The van der Waals surface area contributed by atoms with Gasteiger partial charge < -0.3 is 4.74 Å². The van der Waals surface area contributed by atoms with Crippen LogP contribution < -0.4 is 4.74 Å². The number of para-hydroxylation sites is 1. The predicted molar refractivity (Wildman–Crippen MR) is 115 cm³/mol. The van der Waals surface area contributed by atoms with Crippen molar-refractivity contribution in [2.45, 2.75) is 6.61 Å². The second-order valence-electron chi connectivity index (χ2n) is 6.15. The van der Waals surface area contributed by atoms with Gasteiger partial charge in [0, 0.05) is 0 Å². The Kier molecular flexibility index (Phi) is 9.44. The largest absolute Gasteiger partial charge is 2.00 e. The standard InChI is InChI=1S/C21H17O2.C5H5.Fe/c22-20(15-14-17-8-4-5-9-17)19-12-6-7-13-21(19)23-16-18-10-2-1-3-11-18;1-2-4-5-3-1;/h1-15H,16H2;1-5H;/q2*-1;+2/b15-14+;;. The third-order valence-electron chi connectivity index (χ3n) is 4.06. The van der Waals surface area contributed by atoms with Gasteiger partial charge in [-0.1, -0.05) is 48.5 Å². The van der Waals surface area contributed by atoms with E-state index in [0.29, 0.717) is 17.9 Å². The van der Waals surface area contributed by atoms with Crippen LogP contribution in [0.25, 0.3) is 6.08 Å². The van der Waals surface area contributed by atoms with Crippen molar-refractivity contribution in [1.29, 1.82) is 0 Å². The van der Waals surface area contributed by atoms with Crippen LogP contribution in [0.1, 0.15) is 21.5 Å². The van der Waals surface area contributed by atoms with E-state index < -0.39 is 0 Å². The Bertz CT molecular complexity index is 952. The number of rotatable bonds is 6. The van der Waals surface area contributed by atoms with Gasteiger partial charge in [0.05, 0.1) is 5.56 Å². The van der Waals surface area contributed by atoms with Gasteiger partial charge in [0.25, 0.3) is 0 Å². The first kappa shape index (κ1) is 22.2. The van der Waals surface area contributed by atoms with E-state index in [1.54, 1.807) is 12.1 Å². The number of ketones is 1. The number of allylic oxidation sites excluding steroid dienone is 1. The molecule has 0 aliphatic heterocycles. The molecule has 29 heavy (non-hydrogen) atoms. The van der Waals surface area contributed by atoms with Gasteiger partial charge in [0.2, 0.25) is 0 Å². The Morgan fingerprint density at radius 3 is 2.21 bits per heavy atom. The van der Waals surface area contributed by atoms with Crippen LogP contribution in [0, 0.1) is 0 Å². The second-order valence-corrected chi connectivity index (χ2v) is 6.15. The predicted octanol–water partition coefficient (Wildman–Crippen LogP) is 6.28. The number of carbonyl (C=O) groups excluding carboxylic acids is 1. The molecule has 0 saturated heterocycles. The van der Waals surface area contributed by atoms with E-state index in [1.165, 1.54) is 0 Å². The summed E-state index contributed by atoms with van der Waals surface area (Å²) in [5.74, 6) is 0.545. The molecule has 0 amide bonds. The molecule has 0 bridgehead atoms. The van der Waals surface area contributed by atoms with E-state index in [2.05, 4.69) is 0 Å². The molecule has 4 aromatic carbocycles. The van der Waals surface area contributed by atoms with Crippen LogP contribution in [0.2, 0.25) is 0 Å². The molecule has 4 aromatic rings. The molecule has 0 saturated carbocycles. The van der Waals surface area contributed by atoms with Gasteiger partial charge in [-0.05, 0) is 17.7 Å². The summed E-state index contributed by atoms with van der Waals surface area (Å²) in [6.45, 7) is 0.442. The summed E-state index contributed by atoms with van der Waals surface area (Å²) in [5.41, 5.74) is 2.66. The Balaban J connectivity index is 0.000000437. The number of ether oxygens (including phenoxy) is 1. The SMILES string of the molecule is O=C(/C=C/c1ccc[cH-]1)c1ccccc1OCc1ccccc1.[Fe+2].c1cc[cH-]c1. The number of hydrogen-bond donors (Lipinski definition) is 0. The fraction of sp³-hybridized carbons (Fsp3) is 0.0385. The first-order valence-corrected chi connectivity index (χ1v) is 9.19. The summed E-state index contributed by atoms with van der Waals surface area (Å²) in [5, 5.41) is 0. The summed E-state index contributed by atoms with van der Waals surface area (Å²) in [6, 6.07) is 35.1. The molecule has 0 aliphatic carbocycles. The van der Waals surface area contributed by atoms with E-state index in [1.807, 2.05) is 109 Å². The third kappa shape index (κ3) is 7.42. The Hall–Kier alpha value is -3.13. The molecule has 2 nitrogen and oxygen atoms in total. The normalized spacial score (nSPS) is 9.93. The van der Waals surface area contributed by atoms with Crippen LogP contribution in [-0.2, 0) is 23.7 Å². The summed E-state index contributed by atoms with van der Waals surface area (Å²) >= 11 is 0. The zero-order valence-corrected chi connectivity index (χ0v) is 17.0. The quantitative estimate of drug-likeness (QED) is 0.158. The molecule has 0 unspecified atom stereocenters. The Morgan fingerprint density at radius 1 is 0.828 bits per heavy atom. The zero-order valence-electron chi connectivity index (χ0n) is 15.9. The molecular formula is C26H22FeO2. The van der Waals surface area contributed by atoms with E-state index in [4.69, 9.17) is 4.74 Å².